The molecule has 0 bridgehead atoms. The summed E-state index contributed by atoms with van der Waals surface area (Å²) in [5.74, 6) is 0. The second-order valence-corrected chi connectivity index (χ2v) is 3.69. The van der Waals surface area contributed by atoms with E-state index in [1.54, 1.807) is 16.7 Å². The molecule has 0 spiro atoms. The van der Waals surface area contributed by atoms with Crippen molar-refractivity contribution in [2.75, 3.05) is 0 Å². The Morgan fingerprint density at radius 3 is 2.30 bits per heavy atom. The second kappa shape index (κ2) is 1.55. The SMILES string of the molecule is C1CC2=C(C1)C1=C(CC1)C2. The van der Waals surface area contributed by atoms with Gasteiger partial charge >= 0.3 is 0 Å². The van der Waals surface area contributed by atoms with Gasteiger partial charge in [0.25, 0.3) is 0 Å². The standard InChI is InChI=1S/C10H12/c1-2-7-6-8-4-5-10(8)9(7)3-1/h1-6H2. The maximum atomic E-state index is 1.81. The average molecular weight is 132 g/mol. The predicted octanol–water partition coefficient (Wildman–Crippen LogP) is 2.96. The summed E-state index contributed by atoms with van der Waals surface area (Å²) in [7, 11) is 0. The molecule has 0 N–H and O–H groups in total. The smallest absolute Gasteiger partial charge is 0.00965 e. The van der Waals surface area contributed by atoms with Gasteiger partial charge in [0.2, 0.25) is 0 Å². The van der Waals surface area contributed by atoms with E-state index >= 15 is 0 Å². The van der Waals surface area contributed by atoms with Crippen LogP contribution in [-0.4, -0.2) is 0 Å². The molecule has 0 fully saturated rings. The Balaban J connectivity index is 2.08. The Morgan fingerprint density at radius 2 is 1.50 bits per heavy atom. The number of hydrogen-bond acceptors (Lipinski definition) is 0. The van der Waals surface area contributed by atoms with Crippen LogP contribution in [-0.2, 0) is 0 Å². The highest BCUT2D eigenvalue weighted by molar-refractivity contribution is 5.53. The van der Waals surface area contributed by atoms with Crippen LogP contribution in [0.1, 0.15) is 38.5 Å². The lowest BCUT2D eigenvalue weighted by molar-refractivity contribution is 0.758. The van der Waals surface area contributed by atoms with Crippen LogP contribution in [0.2, 0.25) is 0 Å². The molecule has 0 amide bonds. The van der Waals surface area contributed by atoms with E-state index in [2.05, 4.69) is 0 Å². The van der Waals surface area contributed by atoms with E-state index in [4.69, 9.17) is 0 Å². The van der Waals surface area contributed by atoms with E-state index in [9.17, 15) is 0 Å². The molecule has 0 radical (unpaired) electrons. The Labute approximate surface area is 61.6 Å². The molecule has 3 rings (SSSR count). The third kappa shape index (κ3) is 0.448. The molecule has 3 aliphatic carbocycles. The third-order valence-electron chi connectivity index (χ3n) is 3.23. The quantitative estimate of drug-likeness (QED) is 0.475. The molecule has 0 aliphatic heterocycles. The molecule has 0 saturated heterocycles. The lowest BCUT2D eigenvalue weighted by atomic mass is 9.86. The normalized spacial score (nSPS) is 28.8. The maximum absolute atomic E-state index is 1.81. The summed E-state index contributed by atoms with van der Waals surface area (Å²) in [6, 6.07) is 0. The second-order valence-electron chi connectivity index (χ2n) is 3.69. The minimum Gasteiger partial charge on any atom is -0.0627 e. The zero-order valence-corrected chi connectivity index (χ0v) is 6.24. The predicted molar refractivity (Wildman–Crippen MR) is 41.8 cm³/mol. The lowest BCUT2D eigenvalue weighted by Crippen LogP contribution is -2.00. The van der Waals surface area contributed by atoms with Crippen molar-refractivity contribution >= 4 is 0 Å². The van der Waals surface area contributed by atoms with Gasteiger partial charge < -0.3 is 0 Å². The molecule has 0 unspecified atom stereocenters. The summed E-state index contributed by atoms with van der Waals surface area (Å²) in [6.45, 7) is 0. The molecule has 0 nitrogen and oxygen atoms in total. The summed E-state index contributed by atoms with van der Waals surface area (Å²) in [4.78, 5) is 0. The molecule has 0 saturated carbocycles. The van der Waals surface area contributed by atoms with E-state index in [0.29, 0.717) is 0 Å². The molecule has 0 heterocycles. The Bertz CT molecular complexity index is 253. The first-order valence-electron chi connectivity index (χ1n) is 4.37. The molecule has 0 atom stereocenters. The van der Waals surface area contributed by atoms with Gasteiger partial charge in [-0.25, -0.2) is 0 Å². The fourth-order valence-corrected chi connectivity index (χ4v) is 2.61. The first-order chi connectivity index (χ1) is 4.95. The molecule has 0 aromatic heterocycles. The van der Waals surface area contributed by atoms with Gasteiger partial charge in [-0.05, 0) is 49.7 Å². The van der Waals surface area contributed by atoms with E-state index in [0.717, 1.165) is 0 Å². The van der Waals surface area contributed by atoms with Crippen molar-refractivity contribution in [3.63, 3.8) is 0 Å². The maximum Gasteiger partial charge on any atom is -0.00965 e. The third-order valence-corrected chi connectivity index (χ3v) is 3.23. The van der Waals surface area contributed by atoms with Crippen molar-refractivity contribution in [2.24, 2.45) is 0 Å². The van der Waals surface area contributed by atoms with Crippen molar-refractivity contribution in [1.29, 1.82) is 0 Å². The first kappa shape index (κ1) is 5.17. The van der Waals surface area contributed by atoms with Crippen molar-refractivity contribution in [1.82, 2.24) is 0 Å². The molecular weight excluding hydrogens is 120 g/mol. The van der Waals surface area contributed by atoms with Gasteiger partial charge in [-0.15, -0.1) is 0 Å². The zero-order valence-electron chi connectivity index (χ0n) is 6.24. The van der Waals surface area contributed by atoms with Crippen LogP contribution in [0.15, 0.2) is 22.3 Å². The molecule has 10 heavy (non-hydrogen) atoms. The van der Waals surface area contributed by atoms with Gasteiger partial charge in [0.15, 0.2) is 0 Å². The monoisotopic (exact) mass is 132 g/mol. The summed E-state index contributed by atoms with van der Waals surface area (Å²) in [5, 5.41) is 0. The summed E-state index contributed by atoms with van der Waals surface area (Å²) >= 11 is 0. The van der Waals surface area contributed by atoms with E-state index in [1.807, 2.05) is 5.57 Å². The van der Waals surface area contributed by atoms with Gasteiger partial charge in [-0.3, -0.25) is 0 Å². The van der Waals surface area contributed by atoms with Crippen molar-refractivity contribution in [3.8, 4) is 0 Å². The van der Waals surface area contributed by atoms with Gasteiger partial charge in [0.1, 0.15) is 0 Å². The van der Waals surface area contributed by atoms with E-state index in [1.165, 1.54) is 38.5 Å². The largest absolute Gasteiger partial charge is 0.0627 e. The summed E-state index contributed by atoms with van der Waals surface area (Å²) in [5.41, 5.74) is 7.18. The van der Waals surface area contributed by atoms with E-state index < -0.39 is 0 Å². The van der Waals surface area contributed by atoms with Crippen molar-refractivity contribution in [2.45, 2.75) is 38.5 Å². The summed E-state index contributed by atoms with van der Waals surface area (Å²) in [6.07, 6.45) is 8.49. The Hall–Kier alpha value is -0.520. The highest BCUT2D eigenvalue weighted by Crippen LogP contribution is 2.50. The number of hydrogen-bond donors (Lipinski definition) is 0. The van der Waals surface area contributed by atoms with Gasteiger partial charge in [0.05, 0.1) is 0 Å². The van der Waals surface area contributed by atoms with Crippen molar-refractivity contribution in [3.05, 3.63) is 22.3 Å². The average Bonchev–Trinajstić information content (AvgIpc) is 2.35. The molecular formula is C10H12. The van der Waals surface area contributed by atoms with Crippen molar-refractivity contribution < 1.29 is 0 Å². The topological polar surface area (TPSA) is 0 Å². The fourth-order valence-electron chi connectivity index (χ4n) is 2.61. The highest BCUT2D eigenvalue weighted by Gasteiger charge is 2.31. The Morgan fingerprint density at radius 1 is 0.700 bits per heavy atom. The molecule has 3 aliphatic rings. The van der Waals surface area contributed by atoms with Crippen LogP contribution in [0.4, 0.5) is 0 Å². The van der Waals surface area contributed by atoms with Gasteiger partial charge in [-0.2, -0.15) is 0 Å². The minimum atomic E-state index is 1.38. The molecule has 0 aromatic carbocycles. The van der Waals surface area contributed by atoms with Crippen LogP contribution >= 0.6 is 0 Å². The highest BCUT2D eigenvalue weighted by atomic mass is 14.4. The zero-order chi connectivity index (χ0) is 6.55. The molecule has 0 aromatic rings. The fraction of sp³-hybridized carbons (Fsp3) is 0.600. The first-order valence-corrected chi connectivity index (χ1v) is 4.37. The van der Waals surface area contributed by atoms with Crippen LogP contribution in [0.3, 0.4) is 0 Å². The van der Waals surface area contributed by atoms with Crippen LogP contribution < -0.4 is 0 Å². The Kier molecular flexibility index (Phi) is 0.803. The van der Waals surface area contributed by atoms with Crippen LogP contribution in [0, 0.1) is 0 Å². The lowest BCUT2D eigenvalue weighted by Gasteiger charge is -2.19. The molecule has 0 heteroatoms. The van der Waals surface area contributed by atoms with E-state index in [-0.39, 0.29) is 0 Å². The minimum absolute atomic E-state index is 1.38. The number of allylic oxidation sites excluding steroid dienone is 4. The number of fused-ring (bicyclic) bond motifs is 1. The van der Waals surface area contributed by atoms with Crippen LogP contribution in [0.5, 0.6) is 0 Å². The molecule has 52 valence electrons. The van der Waals surface area contributed by atoms with Crippen LogP contribution in [0.25, 0.3) is 0 Å². The van der Waals surface area contributed by atoms with Gasteiger partial charge in [-0.1, -0.05) is 11.1 Å². The van der Waals surface area contributed by atoms with Gasteiger partial charge in [0, 0.05) is 0 Å². The summed E-state index contributed by atoms with van der Waals surface area (Å²) < 4.78 is 0. The number of rotatable bonds is 0.